The van der Waals surface area contributed by atoms with Gasteiger partial charge in [0.05, 0.1) is 0 Å². The van der Waals surface area contributed by atoms with E-state index in [1.165, 1.54) is 6.42 Å². The lowest BCUT2D eigenvalue weighted by molar-refractivity contribution is -0.137. The molecular formula is C10H19F3N2. The Morgan fingerprint density at radius 1 is 1.20 bits per heavy atom. The van der Waals surface area contributed by atoms with Crippen LogP contribution in [0.3, 0.4) is 0 Å². The van der Waals surface area contributed by atoms with Gasteiger partial charge in [-0.15, -0.1) is 0 Å². The Hall–Kier alpha value is -0.290. The average Bonchev–Trinajstić information content (AvgIpc) is 2.19. The van der Waals surface area contributed by atoms with Crippen molar-refractivity contribution in [2.24, 2.45) is 11.8 Å². The van der Waals surface area contributed by atoms with Crippen molar-refractivity contribution in [1.82, 2.24) is 5.43 Å². The van der Waals surface area contributed by atoms with Crippen molar-refractivity contribution in [3.05, 3.63) is 0 Å². The van der Waals surface area contributed by atoms with Gasteiger partial charge < -0.3 is 0 Å². The predicted molar refractivity (Wildman–Crippen MR) is 53.0 cm³/mol. The highest BCUT2D eigenvalue weighted by Gasteiger charge is 2.30. The molecule has 1 aliphatic carbocycles. The Labute approximate surface area is 88.4 Å². The molecule has 1 fully saturated rings. The van der Waals surface area contributed by atoms with Gasteiger partial charge in [-0.2, -0.15) is 13.2 Å². The Balaban J connectivity index is 2.34. The molecule has 5 heteroatoms. The van der Waals surface area contributed by atoms with E-state index in [2.05, 4.69) is 5.43 Å². The third-order valence-corrected chi connectivity index (χ3v) is 3.17. The van der Waals surface area contributed by atoms with Gasteiger partial charge in [-0.3, -0.25) is 11.3 Å². The first-order valence-corrected chi connectivity index (χ1v) is 5.56. The molecule has 1 rings (SSSR count). The van der Waals surface area contributed by atoms with Crippen LogP contribution in [0.4, 0.5) is 13.2 Å². The van der Waals surface area contributed by atoms with Crippen LogP contribution in [0.15, 0.2) is 0 Å². The highest BCUT2D eigenvalue weighted by Crippen LogP contribution is 2.30. The second-order valence-corrected chi connectivity index (χ2v) is 4.33. The summed E-state index contributed by atoms with van der Waals surface area (Å²) in [5, 5.41) is 0. The Kier molecular flexibility index (Phi) is 4.86. The molecule has 1 unspecified atom stereocenters. The summed E-state index contributed by atoms with van der Waals surface area (Å²) in [6.45, 7) is 0. The monoisotopic (exact) mass is 224 g/mol. The van der Waals surface area contributed by atoms with Crippen molar-refractivity contribution in [3.8, 4) is 0 Å². The first kappa shape index (κ1) is 12.8. The summed E-state index contributed by atoms with van der Waals surface area (Å²) >= 11 is 0. The Morgan fingerprint density at radius 3 is 2.27 bits per heavy atom. The number of hydrogen-bond acceptors (Lipinski definition) is 2. The fourth-order valence-corrected chi connectivity index (χ4v) is 2.31. The molecule has 1 aliphatic rings. The van der Waals surface area contributed by atoms with E-state index in [9.17, 15) is 13.2 Å². The zero-order valence-electron chi connectivity index (χ0n) is 8.82. The summed E-state index contributed by atoms with van der Waals surface area (Å²) in [4.78, 5) is 0. The van der Waals surface area contributed by atoms with Gasteiger partial charge in [-0.25, -0.2) is 0 Å². The van der Waals surface area contributed by atoms with Crippen LogP contribution >= 0.6 is 0 Å². The first-order valence-electron chi connectivity index (χ1n) is 5.56. The van der Waals surface area contributed by atoms with Crippen LogP contribution in [0.1, 0.15) is 44.9 Å². The maximum atomic E-state index is 12.1. The number of rotatable bonds is 4. The summed E-state index contributed by atoms with van der Waals surface area (Å²) in [5.74, 6) is 5.64. The van der Waals surface area contributed by atoms with Gasteiger partial charge in [-0.05, 0) is 25.2 Å². The van der Waals surface area contributed by atoms with Crippen molar-refractivity contribution in [1.29, 1.82) is 0 Å². The van der Waals surface area contributed by atoms with Gasteiger partial charge in [-0.1, -0.05) is 19.3 Å². The normalized spacial score (nSPS) is 21.6. The maximum Gasteiger partial charge on any atom is 0.389 e. The molecule has 90 valence electrons. The molecule has 0 aliphatic heterocycles. The van der Waals surface area contributed by atoms with Crippen molar-refractivity contribution in [3.63, 3.8) is 0 Å². The standard InChI is InChI=1S/C10H19F3N2/c11-10(12,13)7-6-9(15-14)8-4-2-1-3-5-8/h8-9,15H,1-7,14H2. The minimum atomic E-state index is -4.07. The Morgan fingerprint density at radius 2 is 1.80 bits per heavy atom. The number of halogens is 3. The molecule has 0 heterocycles. The second-order valence-electron chi connectivity index (χ2n) is 4.33. The summed E-state index contributed by atoms with van der Waals surface area (Å²) in [7, 11) is 0. The third-order valence-electron chi connectivity index (χ3n) is 3.17. The molecule has 0 bridgehead atoms. The highest BCUT2D eigenvalue weighted by atomic mass is 19.4. The molecule has 0 radical (unpaired) electrons. The molecule has 1 saturated carbocycles. The molecule has 3 N–H and O–H groups in total. The van der Waals surface area contributed by atoms with E-state index < -0.39 is 12.6 Å². The number of hydrogen-bond donors (Lipinski definition) is 2. The van der Waals surface area contributed by atoms with E-state index in [-0.39, 0.29) is 12.5 Å². The van der Waals surface area contributed by atoms with Gasteiger partial charge in [0.2, 0.25) is 0 Å². The van der Waals surface area contributed by atoms with E-state index in [0.29, 0.717) is 5.92 Å². The van der Waals surface area contributed by atoms with E-state index >= 15 is 0 Å². The first-order chi connectivity index (χ1) is 7.03. The van der Waals surface area contributed by atoms with E-state index in [0.717, 1.165) is 25.7 Å². The molecule has 0 aromatic carbocycles. The van der Waals surface area contributed by atoms with Crippen LogP contribution in [0, 0.1) is 5.92 Å². The van der Waals surface area contributed by atoms with E-state index in [4.69, 9.17) is 5.84 Å². The number of alkyl halides is 3. The fraction of sp³-hybridized carbons (Fsp3) is 1.00. The zero-order valence-corrected chi connectivity index (χ0v) is 8.82. The highest BCUT2D eigenvalue weighted by molar-refractivity contribution is 4.78. The van der Waals surface area contributed by atoms with Gasteiger partial charge >= 0.3 is 6.18 Å². The minimum Gasteiger partial charge on any atom is -0.271 e. The predicted octanol–water partition coefficient (Wildman–Crippen LogP) is 2.74. The average molecular weight is 224 g/mol. The maximum absolute atomic E-state index is 12.1. The molecular weight excluding hydrogens is 205 g/mol. The van der Waals surface area contributed by atoms with Gasteiger partial charge in [0, 0.05) is 12.5 Å². The SMILES string of the molecule is NNC(CCC(F)(F)F)C1CCCCC1. The largest absolute Gasteiger partial charge is 0.389 e. The molecule has 0 amide bonds. The molecule has 0 aromatic rings. The van der Waals surface area contributed by atoms with Crippen LogP contribution in [0.25, 0.3) is 0 Å². The van der Waals surface area contributed by atoms with Crippen molar-refractivity contribution >= 4 is 0 Å². The van der Waals surface area contributed by atoms with Crippen LogP contribution in [0.2, 0.25) is 0 Å². The molecule has 0 saturated heterocycles. The van der Waals surface area contributed by atoms with Crippen LogP contribution < -0.4 is 11.3 Å². The van der Waals surface area contributed by atoms with E-state index in [1.54, 1.807) is 0 Å². The molecule has 15 heavy (non-hydrogen) atoms. The second kappa shape index (κ2) is 5.70. The number of nitrogens with two attached hydrogens (primary N) is 1. The van der Waals surface area contributed by atoms with Crippen LogP contribution in [-0.4, -0.2) is 12.2 Å². The molecule has 2 nitrogen and oxygen atoms in total. The zero-order chi connectivity index (χ0) is 11.3. The summed E-state index contributed by atoms with van der Waals surface area (Å²) < 4.78 is 36.2. The van der Waals surface area contributed by atoms with Crippen LogP contribution in [-0.2, 0) is 0 Å². The molecule has 0 aromatic heterocycles. The lowest BCUT2D eigenvalue weighted by Crippen LogP contribution is -2.42. The topological polar surface area (TPSA) is 38.0 Å². The van der Waals surface area contributed by atoms with E-state index in [1.807, 2.05) is 0 Å². The van der Waals surface area contributed by atoms with Crippen molar-refractivity contribution in [2.75, 3.05) is 0 Å². The van der Waals surface area contributed by atoms with Crippen molar-refractivity contribution in [2.45, 2.75) is 57.2 Å². The summed E-state index contributed by atoms with van der Waals surface area (Å²) in [6, 6.07) is -0.174. The fourth-order valence-electron chi connectivity index (χ4n) is 2.31. The summed E-state index contributed by atoms with van der Waals surface area (Å²) in [5.41, 5.74) is 2.54. The minimum absolute atomic E-state index is 0.102. The van der Waals surface area contributed by atoms with Gasteiger partial charge in [0.15, 0.2) is 0 Å². The van der Waals surface area contributed by atoms with Crippen molar-refractivity contribution < 1.29 is 13.2 Å². The quantitative estimate of drug-likeness (QED) is 0.569. The molecule has 1 atom stereocenters. The van der Waals surface area contributed by atoms with Gasteiger partial charge in [0.25, 0.3) is 0 Å². The lowest BCUT2D eigenvalue weighted by Gasteiger charge is -2.29. The smallest absolute Gasteiger partial charge is 0.271 e. The van der Waals surface area contributed by atoms with Crippen LogP contribution in [0.5, 0.6) is 0 Å². The van der Waals surface area contributed by atoms with Gasteiger partial charge in [0.1, 0.15) is 0 Å². The Bertz CT molecular complexity index is 176. The number of nitrogens with one attached hydrogen (secondary N) is 1. The number of hydrazine groups is 1. The lowest BCUT2D eigenvalue weighted by atomic mass is 9.82. The summed E-state index contributed by atoms with van der Waals surface area (Å²) in [6.07, 6.45) is 0.753. The third kappa shape index (κ3) is 4.84. The molecule has 0 spiro atoms.